The Bertz CT molecular complexity index is 457. The smallest absolute Gasteiger partial charge is 0.396 e. The maximum Gasteiger partial charge on any atom is 0.396 e. The second-order valence-electron chi connectivity index (χ2n) is 3.81. The number of aliphatic carboxylic acids is 1. The second kappa shape index (κ2) is 5.81. The molecule has 0 amide bonds. The molecule has 0 radical (unpaired) electrons. The lowest BCUT2D eigenvalue weighted by Crippen LogP contribution is -2.23. The van der Waals surface area contributed by atoms with E-state index in [1.54, 1.807) is 0 Å². The van der Waals surface area contributed by atoms with Gasteiger partial charge in [0, 0.05) is 0 Å². The van der Waals surface area contributed by atoms with E-state index < -0.39 is 24.5 Å². The standard InChI is InChI=1S/C12H13F3O4/c1-18-9-4-3-7(5-10(9)19-2)8(6-11(16)17)12(13,14)15/h3-5,8H,6H2,1-2H3,(H,16,17). The van der Waals surface area contributed by atoms with Crippen LogP contribution in [-0.2, 0) is 4.79 Å². The van der Waals surface area contributed by atoms with E-state index in [0.717, 1.165) is 6.07 Å². The second-order valence-corrected chi connectivity index (χ2v) is 3.81. The van der Waals surface area contributed by atoms with E-state index in [1.807, 2.05) is 0 Å². The number of rotatable bonds is 5. The van der Waals surface area contributed by atoms with Crippen LogP contribution in [0.25, 0.3) is 0 Å². The van der Waals surface area contributed by atoms with Gasteiger partial charge in [-0.3, -0.25) is 4.79 Å². The fourth-order valence-corrected chi connectivity index (χ4v) is 1.67. The Morgan fingerprint density at radius 3 is 2.26 bits per heavy atom. The first kappa shape index (κ1) is 15.1. The molecule has 0 aliphatic carbocycles. The fraction of sp³-hybridized carbons (Fsp3) is 0.417. The first-order valence-electron chi connectivity index (χ1n) is 5.30. The van der Waals surface area contributed by atoms with Gasteiger partial charge in [0.05, 0.1) is 26.6 Å². The summed E-state index contributed by atoms with van der Waals surface area (Å²) in [6, 6.07) is 3.64. The molecule has 1 rings (SSSR count). The van der Waals surface area contributed by atoms with Gasteiger partial charge in [0.1, 0.15) is 0 Å². The summed E-state index contributed by atoms with van der Waals surface area (Å²) in [5.74, 6) is -3.19. The number of carboxylic acid groups (broad SMARTS) is 1. The highest BCUT2D eigenvalue weighted by Gasteiger charge is 2.42. The summed E-state index contributed by atoms with van der Waals surface area (Å²) in [7, 11) is 2.65. The van der Waals surface area contributed by atoms with Crippen molar-refractivity contribution >= 4 is 5.97 Å². The van der Waals surface area contributed by atoms with Gasteiger partial charge < -0.3 is 14.6 Å². The van der Waals surface area contributed by atoms with Crippen LogP contribution in [0.3, 0.4) is 0 Å². The number of methoxy groups -OCH3 is 2. The van der Waals surface area contributed by atoms with Gasteiger partial charge in [0.25, 0.3) is 0 Å². The van der Waals surface area contributed by atoms with Crippen LogP contribution in [0, 0.1) is 0 Å². The van der Waals surface area contributed by atoms with Gasteiger partial charge in [0.15, 0.2) is 11.5 Å². The Balaban J connectivity index is 3.19. The van der Waals surface area contributed by atoms with E-state index in [-0.39, 0.29) is 17.1 Å². The molecule has 0 spiro atoms. The van der Waals surface area contributed by atoms with Crippen molar-refractivity contribution in [1.29, 1.82) is 0 Å². The van der Waals surface area contributed by atoms with Crippen molar-refractivity contribution in [3.8, 4) is 11.5 Å². The molecular weight excluding hydrogens is 265 g/mol. The zero-order chi connectivity index (χ0) is 14.6. The largest absolute Gasteiger partial charge is 0.493 e. The average Bonchev–Trinajstić information content (AvgIpc) is 2.33. The van der Waals surface area contributed by atoms with Crippen molar-refractivity contribution in [3.05, 3.63) is 23.8 Å². The highest BCUT2D eigenvalue weighted by molar-refractivity contribution is 5.68. The Morgan fingerprint density at radius 2 is 1.84 bits per heavy atom. The number of hydrogen-bond donors (Lipinski definition) is 1. The van der Waals surface area contributed by atoms with E-state index in [4.69, 9.17) is 14.6 Å². The lowest BCUT2D eigenvalue weighted by molar-refractivity contribution is -0.163. The highest BCUT2D eigenvalue weighted by Crippen LogP contribution is 2.40. The van der Waals surface area contributed by atoms with Crippen LogP contribution >= 0.6 is 0 Å². The lowest BCUT2D eigenvalue weighted by Gasteiger charge is -2.20. The lowest BCUT2D eigenvalue weighted by atomic mass is 9.95. The van der Waals surface area contributed by atoms with Crippen molar-refractivity contribution in [2.24, 2.45) is 0 Å². The molecule has 0 aromatic heterocycles. The molecule has 19 heavy (non-hydrogen) atoms. The number of hydrogen-bond acceptors (Lipinski definition) is 3. The summed E-state index contributed by atoms with van der Waals surface area (Å²) >= 11 is 0. The third-order valence-corrected chi connectivity index (χ3v) is 2.58. The first-order valence-corrected chi connectivity index (χ1v) is 5.30. The van der Waals surface area contributed by atoms with Gasteiger partial charge >= 0.3 is 12.1 Å². The topological polar surface area (TPSA) is 55.8 Å². The molecule has 1 aromatic rings. The van der Waals surface area contributed by atoms with Crippen LogP contribution in [0.4, 0.5) is 13.2 Å². The van der Waals surface area contributed by atoms with Crippen molar-refractivity contribution in [2.45, 2.75) is 18.5 Å². The average molecular weight is 278 g/mol. The Kier molecular flexibility index (Phi) is 4.63. The maximum absolute atomic E-state index is 12.8. The van der Waals surface area contributed by atoms with Crippen LogP contribution in [0.2, 0.25) is 0 Å². The van der Waals surface area contributed by atoms with Gasteiger partial charge in [-0.15, -0.1) is 0 Å². The van der Waals surface area contributed by atoms with Gasteiger partial charge in [-0.05, 0) is 17.7 Å². The molecule has 0 saturated heterocycles. The van der Waals surface area contributed by atoms with Crippen molar-refractivity contribution in [3.63, 3.8) is 0 Å². The van der Waals surface area contributed by atoms with Gasteiger partial charge in [-0.2, -0.15) is 13.2 Å². The summed E-state index contributed by atoms with van der Waals surface area (Å²) < 4.78 is 48.4. The molecule has 7 heteroatoms. The zero-order valence-corrected chi connectivity index (χ0v) is 10.3. The van der Waals surface area contributed by atoms with Crippen molar-refractivity contribution in [2.75, 3.05) is 14.2 Å². The minimum Gasteiger partial charge on any atom is -0.493 e. The third-order valence-electron chi connectivity index (χ3n) is 2.58. The van der Waals surface area contributed by atoms with Crippen molar-refractivity contribution in [1.82, 2.24) is 0 Å². The SMILES string of the molecule is COc1ccc(C(CC(=O)O)C(F)(F)F)cc1OC. The van der Waals surface area contributed by atoms with Gasteiger partial charge in [-0.1, -0.05) is 6.07 Å². The first-order chi connectivity index (χ1) is 8.79. The van der Waals surface area contributed by atoms with E-state index in [1.165, 1.54) is 26.4 Å². The maximum atomic E-state index is 12.8. The molecule has 1 N–H and O–H groups in total. The molecule has 0 bridgehead atoms. The van der Waals surface area contributed by atoms with Crippen LogP contribution in [0.1, 0.15) is 17.9 Å². The predicted molar refractivity (Wildman–Crippen MR) is 60.6 cm³/mol. The molecule has 106 valence electrons. The quantitative estimate of drug-likeness (QED) is 0.899. The van der Waals surface area contributed by atoms with Gasteiger partial charge in [0.2, 0.25) is 0 Å². The minimum atomic E-state index is -4.64. The zero-order valence-electron chi connectivity index (χ0n) is 10.3. The Morgan fingerprint density at radius 1 is 1.26 bits per heavy atom. The van der Waals surface area contributed by atoms with Crippen molar-refractivity contribution < 1.29 is 32.5 Å². The number of carbonyl (C=O) groups is 1. The molecule has 1 atom stereocenters. The molecule has 0 aliphatic heterocycles. The summed E-state index contributed by atoms with van der Waals surface area (Å²) in [4.78, 5) is 10.6. The summed E-state index contributed by atoms with van der Waals surface area (Å²) in [6.07, 6.45) is -5.67. The number of carboxylic acids is 1. The minimum absolute atomic E-state index is 0.125. The number of benzene rings is 1. The van der Waals surface area contributed by atoms with E-state index in [9.17, 15) is 18.0 Å². The van der Waals surface area contributed by atoms with E-state index in [2.05, 4.69) is 0 Å². The Labute approximate surface area is 107 Å². The number of halogens is 3. The molecular formula is C12H13F3O4. The van der Waals surface area contributed by atoms with Crippen LogP contribution in [0.15, 0.2) is 18.2 Å². The Hall–Kier alpha value is -1.92. The van der Waals surface area contributed by atoms with Crippen LogP contribution < -0.4 is 9.47 Å². The number of ether oxygens (including phenoxy) is 2. The highest BCUT2D eigenvalue weighted by atomic mass is 19.4. The molecule has 0 saturated carbocycles. The molecule has 0 fully saturated rings. The van der Waals surface area contributed by atoms with Crippen LogP contribution in [-0.4, -0.2) is 31.5 Å². The predicted octanol–water partition coefficient (Wildman–Crippen LogP) is 2.82. The molecule has 1 aromatic carbocycles. The molecule has 1 unspecified atom stereocenters. The normalized spacial score (nSPS) is 12.9. The van der Waals surface area contributed by atoms with E-state index >= 15 is 0 Å². The van der Waals surface area contributed by atoms with Crippen LogP contribution in [0.5, 0.6) is 11.5 Å². The summed E-state index contributed by atoms with van der Waals surface area (Å²) in [5.41, 5.74) is -0.174. The summed E-state index contributed by atoms with van der Waals surface area (Å²) in [5, 5.41) is 8.58. The fourth-order valence-electron chi connectivity index (χ4n) is 1.67. The van der Waals surface area contributed by atoms with E-state index in [0.29, 0.717) is 0 Å². The third kappa shape index (κ3) is 3.77. The summed E-state index contributed by atoms with van der Waals surface area (Å²) in [6.45, 7) is 0. The molecule has 0 aliphatic rings. The monoisotopic (exact) mass is 278 g/mol. The number of alkyl halides is 3. The molecule has 4 nitrogen and oxygen atoms in total. The molecule has 0 heterocycles. The van der Waals surface area contributed by atoms with Gasteiger partial charge in [-0.25, -0.2) is 0 Å².